The van der Waals surface area contributed by atoms with Gasteiger partial charge in [-0.2, -0.15) is 0 Å². The minimum atomic E-state index is 1.03. The molecule has 1 aromatic carbocycles. The lowest BCUT2D eigenvalue weighted by Crippen LogP contribution is -2.33. The lowest BCUT2D eigenvalue weighted by Gasteiger charge is -2.18. The number of nitrogens with one attached hydrogen (secondary N) is 1. The van der Waals surface area contributed by atoms with E-state index >= 15 is 0 Å². The molecule has 1 heterocycles. The van der Waals surface area contributed by atoms with Gasteiger partial charge in [-0.25, -0.2) is 0 Å². The second-order valence-electron chi connectivity index (χ2n) is 5.35. The molecule has 110 valence electrons. The molecule has 0 atom stereocenters. The van der Waals surface area contributed by atoms with Gasteiger partial charge in [0.1, 0.15) is 0 Å². The minimum absolute atomic E-state index is 1.03. The van der Waals surface area contributed by atoms with E-state index in [4.69, 9.17) is 0 Å². The first-order valence-corrected chi connectivity index (χ1v) is 7.73. The Hall–Kier alpha value is -1.32. The summed E-state index contributed by atoms with van der Waals surface area (Å²) in [4.78, 5) is 2.45. The van der Waals surface area contributed by atoms with E-state index in [0.29, 0.717) is 0 Å². The van der Waals surface area contributed by atoms with Crippen LogP contribution >= 0.6 is 0 Å². The molecular formula is C17H27N3. The third kappa shape index (κ3) is 3.84. The summed E-state index contributed by atoms with van der Waals surface area (Å²) in [6, 6.07) is 8.87. The van der Waals surface area contributed by atoms with Gasteiger partial charge in [0.05, 0.1) is 0 Å². The van der Waals surface area contributed by atoms with Crippen molar-refractivity contribution in [3.8, 4) is 0 Å². The molecule has 0 spiro atoms. The molecular weight excluding hydrogens is 246 g/mol. The summed E-state index contributed by atoms with van der Waals surface area (Å²) in [5, 5.41) is 4.88. The van der Waals surface area contributed by atoms with Gasteiger partial charge < -0.3 is 14.8 Å². The Morgan fingerprint density at radius 3 is 2.65 bits per heavy atom. The molecule has 20 heavy (non-hydrogen) atoms. The van der Waals surface area contributed by atoms with Gasteiger partial charge >= 0.3 is 0 Å². The van der Waals surface area contributed by atoms with E-state index in [2.05, 4.69) is 66.0 Å². The maximum atomic E-state index is 3.54. The van der Waals surface area contributed by atoms with Gasteiger partial charge in [-0.3, -0.25) is 0 Å². The van der Waals surface area contributed by atoms with Gasteiger partial charge in [0.25, 0.3) is 0 Å². The van der Waals surface area contributed by atoms with E-state index in [9.17, 15) is 0 Å². The van der Waals surface area contributed by atoms with Crippen molar-refractivity contribution in [1.29, 1.82) is 0 Å². The van der Waals surface area contributed by atoms with E-state index < -0.39 is 0 Å². The van der Waals surface area contributed by atoms with Gasteiger partial charge in [-0.1, -0.05) is 25.5 Å². The number of aryl methyl sites for hydroxylation is 1. The van der Waals surface area contributed by atoms with Crippen molar-refractivity contribution in [2.24, 2.45) is 0 Å². The van der Waals surface area contributed by atoms with Crippen molar-refractivity contribution in [2.75, 3.05) is 32.7 Å². The van der Waals surface area contributed by atoms with Crippen molar-refractivity contribution in [3.63, 3.8) is 0 Å². The number of nitrogens with zero attached hydrogens (tertiary/aromatic N) is 2. The van der Waals surface area contributed by atoms with Crippen LogP contribution in [0.25, 0.3) is 10.9 Å². The maximum Gasteiger partial charge on any atom is 0.0480 e. The molecule has 2 rings (SSSR count). The predicted molar refractivity (Wildman–Crippen MR) is 87.3 cm³/mol. The first-order valence-electron chi connectivity index (χ1n) is 7.73. The van der Waals surface area contributed by atoms with Crippen LogP contribution in [0, 0.1) is 6.92 Å². The Kier molecular flexibility index (Phi) is 5.62. The molecule has 2 aromatic rings. The molecule has 0 radical (unpaired) electrons. The molecule has 3 heteroatoms. The molecule has 0 bridgehead atoms. The maximum absolute atomic E-state index is 3.54. The number of likely N-dealkylation sites (N-methyl/N-ethyl adjacent to an activating group) is 1. The highest BCUT2D eigenvalue weighted by molar-refractivity contribution is 5.80. The Bertz CT molecular complexity index is 526. The van der Waals surface area contributed by atoms with Crippen LogP contribution in [-0.4, -0.2) is 42.2 Å². The van der Waals surface area contributed by atoms with E-state index in [1.54, 1.807) is 0 Å². The number of hydrogen-bond donors (Lipinski definition) is 1. The summed E-state index contributed by atoms with van der Waals surface area (Å²) in [6.07, 6.45) is 2.19. The van der Waals surface area contributed by atoms with E-state index in [0.717, 1.165) is 39.3 Å². The average molecular weight is 273 g/mol. The van der Waals surface area contributed by atoms with E-state index in [1.165, 1.54) is 16.5 Å². The molecule has 0 saturated carbocycles. The van der Waals surface area contributed by atoms with Gasteiger partial charge in [-0.05, 0) is 43.6 Å². The van der Waals surface area contributed by atoms with Gasteiger partial charge in [0.15, 0.2) is 0 Å². The van der Waals surface area contributed by atoms with Crippen molar-refractivity contribution >= 4 is 10.9 Å². The van der Waals surface area contributed by atoms with Crippen LogP contribution < -0.4 is 5.32 Å². The van der Waals surface area contributed by atoms with Crippen LogP contribution in [0.1, 0.15) is 19.4 Å². The van der Waals surface area contributed by atoms with Crippen LogP contribution in [0.2, 0.25) is 0 Å². The molecule has 0 aliphatic carbocycles. The largest absolute Gasteiger partial charge is 0.346 e. The second kappa shape index (κ2) is 7.46. The molecule has 0 fully saturated rings. The Balaban J connectivity index is 1.79. The second-order valence-corrected chi connectivity index (χ2v) is 5.35. The monoisotopic (exact) mass is 273 g/mol. The smallest absolute Gasteiger partial charge is 0.0480 e. The average Bonchev–Trinajstić information content (AvgIpc) is 2.85. The van der Waals surface area contributed by atoms with Gasteiger partial charge in [0, 0.05) is 37.9 Å². The van der Waals surface area contributed by atoms with Crippen molar-refractivity contribution in [3.05, 3.63) is 36.0 Å². The summed E-state index contributed by atoms with van der Waals surface area (Å²) in [5.74, 6) is 0. The number of aromatic nitrogens is 1. The SMILES string of the molecule is CCN(CC)CCNCCn1ccc2cc(C)ccc21. The molecule has 0 unspecified atom stereocenters. The summed E-state index contributed by atoms with van der Waals surface area (Å²) in [7, 11) is 0. The van der Waals surface area contributed by atoms with Crippen molar-refractivity contribution in [2.45, 2.75) is 27.3 Å². The molecule has 0 aliphatic heterocycles. The highest BCUT2D eigenvalue weighted by atomic mass is 15.1. The standard InChI is InChI=1S/C17H27N3/c1-4-19(5-2)12-9-18-10-13-20-11-8-16-14-15(3)6-7-17(16)20/h6-8,11,14,18H,4-5,9-10,12-13H2,1-3H3. The molecule has 0 aliphatic rings. The third-order valence-corrected chi connectivity index (χ3v) is 3.96. The molecule has 0 amide bonds. The zero-order chi connectivity index (χ0) is 14.4. The fraction of sp³-hybridized carbons (Fsp3) is 0.529. The molecule has 0 saturated heterocycles. The lowest BCUT2D eigenvalue weighted by atomic mass is 10.2. The van der Waals surface area contributed by atoms with Gasteiger partial charge in [-0.15, -0.1) is 0 Å². The Morgan fingerprint density at radius 2 is 1.90 bits per heavy atom. The highest BCUT2D eigenvalue weighted by Gasteiger charge is 2.01. The van der Waals surface area contributed by atoms with Crippen LogP contribution in [-0.2, 0) is 6.54 Å². The first-order chi connectivity index (χ1) is 9.74. The Labute approximate surface area is 122 Å². The zero-order valence-corrected chi connectivity index (χ0v) is 13.0. The fourth-order valence-corrected chi connectivity index (χ4v) is 2.62. The number of fused-ring (bicyclic) bond motifs is 1. The van der Waals surface area contributed by atoms with Crippen LogP contribution in [0.4, 0.5) is 0 Å². The van der Waals surface area contributed by atoms with E-state index in [-0.39, 0.29) is 0 Å². The van der Waals surface area contributed by atoms with Gasteiger partial charge in [0.2, 0.25) is 0 Å². The summed E-state index contributed by atoms with van der Waals surface area (Å²) >= 11 is 0. The Morgan fingerprint density at radius 1 is 1.10 bits per heavy atom. The summed E-state index contributed by atoms with van der Waals surface area (Å²) < 4.78 is 2.33. The van der Waals surface area contributed by atoms with Crippen LogP contribution in [0.5, 0.6) is 0 Å². The van der Waals surface area contributed by atoms with Crippen LogP contribution in [0.15, 0.2) is 30.5 Å². The van der Waals surface area contributed by atoms with Crippen molar-refractivity contribution in [1.82, 2.24) is 14.8 Å². The molecule has 3 nitrogen and oxygen atoms in total. The quantitative estimate of drug-likeness (QED) is 0.746. The first kappa shape index (κ1) is 15.1. The summed E-state index contributed by atoms with van der Waals surface area (Å²) in [5.41, 5.74) is 2.66. The summed E-state index contributed by atoms with van der Waals surface area (Å²) in [6.45, 7) is 13.1. The highest BCUT2D eigenvalue weighted by Crippen LogP contribution is 2.16. The minimum Gasteiger partial charge on any atom is -0.346 e. The molecule has 1 N–H and O–H groups in total. The number of hydrogen-bond acceptors (Lipinski definition) is 2. The predicted octanol–water partition coefficient (Wildman–Crippen LogP) is 2.88. The lowest BCUT2D eigenvalue weighted by molar-refractivity contribution is 0.302. The fourth-order valence-electron chi connectivity index (χ4n) is 2.62. The number of rotatable bonds is 8. The topological polar surface area (TPSA) is 20.2 Å². The zero-order valence-electron chi connectivity index (χ0n) is 13.0. The third-order valence-electron chi connectivity index (χ3n) is 3.96. The molecule has 1 aromatic heterocycles. The normalized spacial score (nSPS) is 11.6. The number of benzene rings is 1. The van der Waals surface area contributed by atoms with Crippen LogP contribution in [0.3, 0.4) is 0 Å². The van der Waals surface area contributed by atoms with E-state index in [1.807, 2.05) is 0 Å². The van der Waals surface area contributed by atoms with Crippen molar-refractivity contribution < 1.29 is 0 Å².